The minimum Gasteiger partial charge on any atom is -0.480 e. The topological polar surface area (TPSA) is 66.4 Å². The van der Waals surface area contributed by atoms with E-state index in [1.54, 1.807) is 0 Å². The monoisotopic (exact) mass is 375 g/mol. The zero-order chi connectivity index (χ0) is 14.0. The Bertz CT molecular complexity index is 270. The minimum atomic E-state index is -1.05. The van der Waals surface area contributed by atoms with E-state index in [4.69, 9.17) is 5.11 Å². The fraction of sp³-hybridized carbons (Fsp3) is 0.818. The maximum Gasteiger partial charge on any atom is 0.327 e. The summed E-state index contributed by atoms with van der Waals surface area (Å²) in [6, 6.07) is -0.900. The van der Waals surface area contributed by atoms with Crippen LogP contribution in [0.15, 0.2) is 0 Å². The second-order valence-electron chi connectivity index (χ2n) is 4.05. The van der Waals surface area contributed by atoms with Crippen LogP contribution in [0.2, 0.25) is 0 Å². The van der Waals surface area contributed by atoms with Gasteiger partial charge in [-0.15, -0.1) is 0 Å². The molecule has 2 unspecified atom stereocenters. The molecule has 0 heterocycles. The summed E-state index contributed by atoms with van der Waals surface area (Å²) in [6.07, 6.45) is 3.91. The fourth-order valence-electron chi connectivity index (χ4n) is 1.41. The number of amides is 1. The van der Waals surface area contributed by atoms with Crippen molar-refractivity contribution >= 4 is 49.8 Å². The summed E-state index contributed by atoms with van der Waals surface area (Å²) in [5.41, 5.74) is 0. The molecule has 0 saturated heterocycles. The van der Waals surface area contributed by atoms with Gasteiger partial charge in [-0.25, -0.2) is 4.79 Å². The molecular weight excluding hydrogens is 356 g/mol. The Morgan fingerprint density at radius 3 is 2.26 bits per heavy atom. The van der Waals surface area contributed by atoms with Crippen molar-refractivity contribution < 1.29 is 34.2 Å². The molecule has 0 saturated carbocycles. The molecule has 108 valence electrons. The van der Waals surface area contributed by atoms with Crippen LogP contribution in [-0.2, 0) is 29.1 Å². The second-order valence-corrected chi connectivity index (χ2v) is 5.60. The Labute approximate surface area is 143 Å². The van der Waals surface area contributed by atoms with Crippen LogP contribution in [0.25, 0.3) is 0 Å². The molecule has 0 fully saturated rings. The molecular formula is C11H21NO3S3Zn. The standard InChI is InChI=1S/C11H21NO3S3.Zn/c13-10(12-9(7-17)11(14)15)4-2-1-3-8(18)5-6-16;/h8-9,16-18H,1-7H2,(H,12,13)(H,14,15);. The van der Waals surface area contributed by atoms with Crippen molar-refractivity contribution in [3.05, 3.63) is 0 Å². The SMILES string of the molecule is O=C(CCCCC(S)CCS)NC(CS)C(=O)O.[Zn]. The summed E-state index contributed by atoms with van der Waals surface area (Å²) in [7, 11) is 0. The third-order valence-corrected chi connectivity index (χ3v) is 3.61. The van der Waals surface area contributed by atoms with Gasteiger partial charge in [0.05, 0.1) is 0 Å². The van der Waals surface area contributed by atoms with Gasteiger partial charge in [0, 0.05) is 36.9 Å². The van der Waals surface area contributed by atoms with Crippen molar-refractivity contribution in [2.45, 2.75) is 43.4 Å². The number of carboxylic acid groups (broad SMARTS) is 1. The molecule has 0 aliphatic carbocycles. The average Bonchev–Trinajstić information content (AvgIpc) is 2.31. The number of hydrogen-bond donors (Lipinski definition) is 5. The summed E-state index contributed by atoms with van der Waals surface area (Å²) >= 11 is 12.4. The van der Waals surface area contributed by atoms with E-state index in [1.165, 1.54) is 0 Å². The van der Waals surface area contributed by atoms with Crippen molar-refractivity contribution in [2.24, 2.45) is 0 Å². The molecule has 0 spiro atoms. The molecule has 0 aromatic rings. The fourth-order valence-corrected chi connectivity index (χ4v) is 2.49. The van der Waals surface area contributed by atoms with Crippen LogP contribution in [0.3, 0.4) is 0 Å². The van der Waals surface area contributed by atoms with E-state index in [0.717, 1.165) is 31.4 Å². The van der Waals surface area contributed by atoms with Crippen LogP contribution in [0, 0.1) is 0 Å². The van der Waals surface area contributed by atoms with Crippen LogP contribution in [0.4, 0.5) is 0 Å². The maximum absolute atomic E-state index is 11.4. The zero-order valence-corrected chi connectivity index (χ0v) is 16.6. The van der Waals surface area contributed by atoms with Crippen molar-refractivity contribution in [1.29, 1.82) is 0 Å². The molecule has 19 heavy (non-hydrogen) atoms. The van der Waals surface area contributed by atoms with Crippen LogP contribution >= 0.6 is 37.9 Å². The summed E-state index contributed by atoms with van der Waals surface area (Å²) in [5.74, 6) is -0.373. The molecule has 4 nitrogen and oxygen atoms in total. The van der Waals surface area contributed by atoms with Gasteiger partial charge < -0.3 is 10.4 Å². The molecule has 0 aliphatic rings. The number of carbonyl (C=O) groups excluding carboxylic acids is 1. The van der Waals surface area contributed by atoms with Crippen molar-refractivity contribution in [1.82, 2.24) is 5.32 Å². The Morgan fingerprint density at radius 1 is 1.16 bits per heavy atom. The van der Waals surface area contributed by atoms with Gasteiger partial charge in [-0.2, -0.15) is 37.9 Å². The van der Waals surface area contributed by atoms with Crippen molar-refractivity contribution in [3.63, 3.8) is 0 Å². The number of rotatable bonds is 10. The van der Waals surface area contributed by atoms with E-state index in [2.05, 4.69) is 43.2 Å². The van der Waals surface area contributed by atoms with Crippen molar-refractivity contribution in [2.75, 3.05) is 11.5 Å². The molecule has 2 N–H and O–H groups in total. The number of aliphatic carboxylic acids is 1. The normalized spacial score (nSPS) is 13.2. The number of carbonyl (C=O) groups is 2. The predicted molar refractivity (Wildman–Crippen MR) is 83.1 cm³/mol. The van der Waals surface area contributed by atoms with Gasteiger partial charge >= 0.3 is 5.97 Å². The van der Waals surface area contributed by atoms with Gasteiger partial charge in [0.25, 0.3) is 0 Å². The van der Waals surface area contributed by atoms with E-state index in [0.29, 0.717) is 11.7 Å². The molecule has 0 rings (SSSR count). The first-order valence-corrected chi connectivity index (χ1v) is 7.71. The first kappa shape index (κ1) is 21.9. The zero-order valence-electron chi connectivity index (χ0n) is 10.9. The number of thiol groups is 3. The largest absolute Gasteiger partial charge is 0.480 e. The van der Waals surface area contributed by atoms with Gasteiger partial charge in [0.1, 0.15) is 6.04 Å². The summed E-state index contributed by atoms with van der Waals surface area (Å²) < 4.78 is 0. The molecule has 8 heteroatoms. The molecule has 2 atom stereocenters. The Balaban J connectivity index is 0. The molecule has 0 radical (unpaired) electrons. The first-order chi connectivity index (χ1) is 8.51. The van der Waals surface area contributed by atoms with Gasteiger partial charge in [-0.1, -0.05) is 6.42 Å². The first-order valence-electron chi connectivity index (χ1n) is 5.93. The molecule has 0 aromatic heterocycles. The van der Waals surface area contributed by atoms with E-state index in [1.807, 2.05) is 0 Å². The van der Waals surface area contributed by atoms with Gasteiger partial charge in [-0.05, 0) is 25.0 Å². The van der Waals surface area contributed by atoms with E-state index in [9.17, 15) is 9.59 Å². The molecule has 1 amide bonds. The maximum atomic E-state index is 11.4. The van der Waals surface area contributed by atoms with Gasteiger partial charge in [0.15, 0.2) is 0 Å². The van der Waals surface area contributed by atoms with E-state index < -0.39 is 12.0 Å². The summed E-state index contributed by atoms with van der Waals surface area (Å²) in [5, 5.41) is 11.5. The van der Waals surface area contributed by atoms with E-state index >= 15 is 0 Å². The molecule has 0 aliphatic heterocycles. The average molecular weight is 377 g/mol. The molecule has 0 bridgehead atoms. The van der Waals surface area contributed by atoms with Gasteiger partial charge in [0.2, 0.25) is 5.91 Å². The van der Waals surface area contributed by atoms with Crippen LogP contribution < -0.4 is 5.32 Å². The Morgan fingerprint density at radius 2 is 1.79 bits per heavy atom. The quantitative estimate of drug-likeness (QED) is 0.229. The van der Waals surface area contributed by atoms with Crippen LogP contribution in [0.5, 0.6) is 0 Å². The number of nitrogens with one attached hydrogen (secondary N) is 1. The third-order valence-electron chi connectivity index (χ3n) is 2.47. The minimum absolute atomic E-state index is 0. The smallest absolute Gasteiger partial charge is 0.327 e. The Kier molecular flexibility index (Phi) is 15.7. The number of unbranched alkanes of at least 4 members (excludes halogenated alkanes) is 1. The Hall–Kier alpha value is 0.613. The summed E-state index contributed by atoms with van der Waals surface area (Å²) in [4.78, 5) is 22.1. The third kappa shape index (κ3) is 12.1. The van der Waals surface area contributed by atoms with E-state index in [-0.39, 0.29) is 31.1 Å². The van der Waals surface area contributed by atoms with Gasteiger partial charge in [-0.3, -0.25) is 4.79 Å². The van der Waals surface area contributed by atoms with Crippen molar-refractivity contribution in [3.8, 4) is 0 Å². The molecule has 0 aromatic carbocycles. The second kappa shape index (κ2) is 13.6. The number of carboxylic acids is 1. The number of hydrogen-bond acceptors (Lipinski definition) is 5. The predicted octanol–water partition coefficient (Wildman–Crippen LogP) is 1.66. The summed E-state index contributed by atoms with van der Waals surface area (Å²) in [6.45, 7) is 0. The van der Waals surface area contributed by atoms with Crippen LogP contribution in [0.1, 0.15) is 32.1 Å². The van der Waals surface area contributed by atoms with Crippen LogP contribution in [-0.4, -0.2) is 39.8 Å².